The van der Waals surface area contributed by atoms with E-state index in [0.717, 1.165) is 49.2 Å². The minimum absolute atomic E-state index is 0.231. The minimum atomic E-state index is -0.352. The first kappa shape index (κ1) is 18.6. The predicted octanol–water partition coefficient (Wildman–Crippen LogP) is 1.91. The molecule has 5 rings (SSSR count). The largest absolute Gasteiger partial charge is 0.369 e. The van der Waals surface area contributed by atoms with Crippen molar-refractivity contribution in [3.05, 3.63) is 69.0 Å². The number of hydrogen-bond acceptors (Lipinski definition) is 5. The SMILES string of the molecule is CCn1c(=O)[nH]c2cc(CN3CCN(c4ccc5cn[nH]c5c4)CC3)ccc2c1=O. The van der Waals surface area contributed by atoms with Crippen molar-refractivity contribution < 1.29 is 0 Å². The predicted molar refractivity (Wildman–Crippen MR) is 118 cm³/mol. The molecule has 8 nitrogen and oxygen atoms in total. The molecule has 0 bridgehead atoms. The van der Waals surface area contributed by atoms with E-state index in [1.54, 1.807) is 6.92 Å². The summed E-state index contributed by atoms with van der Waals surface area (Å²) in [6, 6.07) is 12.1. The highest BCUT2D eigenvalue weighted by Gasteiger charge is 2.18. The van der Waals surface area contributed by atoms with E-state index in [9.17, 15) is 9.59 Å². The van der Waals surface area contributed by atoms with Crippen LogP contribution in [0.2, 0.25) is 0 Å². The van der Waals surface area contributed by atoms with Gasteiger partial charge in [0.2, 0.25) is 0 Å². The fraction of sp³-hybridized carbons (Fsp3) is 0.318. The second kappa shape index (κ2) is 7.46. The molecule has 2 aromatic carbocycles. The summed E-state index contributed by atoms with van der Waals surface area (Å²) in [5, 5.41) is 8.81. The van der Waals surface area contributed by atoms with Crippen molar-refractivity contribution >= 4 is 27.5 Å². The maximum absolute atomic E-state index is 12.4. The van der Waals surface area contributed by atoms with Crippen LogP contribution in [0.25, 0.3) is 21.8 Å². The van der Waals surface area contributed by atoms with Crippen molar-refractivity contribution in [3.8, 4) is 0 Å². The smallest absolute Gasteiger partial charge is 0.328 e. The van der Waals surface area contributed by atoms with Gasteiger partial charge in [0, 0.05) is 50.3 Å². The Morgan fingerprint density at radius 1 is 1.00 bits per heavy atom. The van der Waals surface area contributed by atoms with Gasteiger partial charge in [-0.2, -0.15) is 5.10 Å². The molecule has 4 aromatic rings. The summed E-state index contributed by atoms with van der Waals surface area (Å²) in [4.78, 5) is 32.2. The fourth-order valence-electron chi connectivity index (χ4n) is 4.23. The molecule has 1 fully saturated rings. The zero-order valence-electron chi connectivity index (χ0n) is 16.9. The van der Waals surface area contributed by atoms with Gasteiger partial charge in [-0.3, -0.25) is 19.4 Å². The summed E-state index contributed by atoms with van der Waals surface area (Å²) in [5.41, 5.74) is 3.39. The number of benzene rings is 2. The van der Waals surface area contributed by atoms with E-state index in [-0.39, 0.29) is 11.2 Å². The van der Waals surface area contributed by atoms with E-state index in [1.165, 1.54) is 10.3 Å². The van der Waals surface area contributed by atoms with E-state index >= 15 is 0 Å². The van der Waals surface area contributed by atoms with Crippen molar-refractivity contribution in [3.63, 3.8) is 0 Å². The normalized spacial score (nSPS) is 15.3. The van der Waals surface area contributed by atoms with E-state index in [0.29, 0.717) is 17.4 Å². The third-order valence-corrected chi connectivity index (χ3v) is 5.93. The molecule has 0 spiro atoms. The highest BCUT2D eigenvalue weighted by Crippen LogP contribution is 2.22. The molecule has 2 aromatic heterocycles. The monoisotopic (exact) mass is 404 g/mol. The van der Waals surface area contributed by atoms with Crippen LogP contribution in [-0.4, -0.2) is 50.8 Å². The molecule has 154 valence electrons. The number of rotatable bonds is 4. The summed E-state index contributed by atoms with van der Waals surface area (Å²) in [5.74, 6) is 0. The Labute approximate surface area is 172 Å². The second-order valence-corrected chi connectivity index (χ2v) is 7.76. The molecule has 2 N–H and O–H groups in total. The third-order valence-electron chi connectivity index (χ3n) is 5.93. The lowest BCUT2D eigenvalue weighted by molar-refractivity contribution is 0.250. The third kappa shape index (κ3) is 3.29. The van der Waals surface area contributed by atoms with Crippen LogP contribution in [0.15, 0.2) is 52.2 Å². The lowest BCUT2D eigenvalue weighted by atomic mass is 10.1. The Hall–Kier alpha value is -3.39. The quantitative estimate of drug-likeness (QED) is 0.542. The van der Waals surface area contributed by atoms with Gasteiger partial charge >= 0.3 is 5.69 Å². The number of aromatic nitrogens is 4. The summed E-state index contributed by atoms with van der Waals surface area (Å²) >= 11 is 0. The molecule has 1 aliphatic heterocycles. The maximum atomic E-state index is 12.4. The summed E-state index contributed by atoms with van der Waals surface area (Å²) < 4.78 is 1.22. The molecule has 0 radical (unpaired) electrons. The summed E-state index contributed by atoms with van der Waals surface area (Å²) in [6.07, 6.45) is 1.84. The Bertz CT molecular complexity index is 1330. The molecule has 1 saturated heterocycles. The Kier molecular flexibility index (Phi) is 4.63. The molecule has 0 aliphatic carbocycles. The number of hydrogen-bond donors (Lipinski definition) is 2. The lowest BCUT2D eigenvalue weighted by Gasteiger charge is -2.36. The van der Waals surface area contributed by atoms with Crippen LogP contribution in [0.4, 0.5) is 5.69 Å². The molecule has 0 saturated carbocycles. The van der Waals surface area contributed by atoms with Gasteiger partial charge in [-0.25, -0.2) is 4.79 Å². The van der Waals surface area contributed by atoms with Gasteiger partial charge in [0.05, 0.1) is 22.6 Å². The van der Waals surface area contributed by atoms with Crippen molar-refractivity contribution in [1.82, 2.24) is 24.6 Å². The van der Waals surface area contributed by atoms with E-state index in [2.05, 4.69) is 43.2 Å². The number of aromatic amines is 2. The van der Waals surface area contributed by atoms with Crippen molar-refractivity contribution in [2.45, 2.75) is 20.0 Å². The van der Waals surface area contributed by atoms with Crippen molar-refractivity contribution in [2.75, 3.05) is 31.1 Å². The second-order valence-electron chi connectivity index (χ2n) is 7.76. The van der Waals surface area contributed by atoms with E-state index in [1.807, 2.05) is 24.4 Å². The van der Waals surface area contributed by atoms with Crippen LogP contribution >= 0.6 is 0 Å². The van der Waals surface area contributed by atoms with Gasteiger partial charge in [0.1, 0.15) is 0 Å². The van der Waals surface area contributed by atoms with Crippen LogP contribution in [0, 0.1) is 0 Å². The Morgan fingerprint density at radius 3 is 2.63 bits per heavy atom. The average Bonchev–Trinajstić information content (AvgIpc) is 3.22. The van der Waals surface area contributed by atoms with Gasteiger partial charge in [0.25, 0.3) is 5.56 Å². The summed E-state index contributed by atoms with van der Waals surface area (Å²) in [7, 11) is 0. The molecule has 3 heterocycles. The van der Waals surface area contributed by atoms with Crippen LogP contribution in [-0.2, 0) is 13.1 Å². The number of nitrogens with zero attached hydrogens (tertiary/aromatic N) is 4. The Morgan fingerprint density at radius 2 is 1.83 bits per heavy atom. The van der Waals surface area contributed by atoms with E-state index in [4.69, 9.17) is 0 Å². The topological polar surface area (TPSA) is 90.0 Å². The number of nitrogens with one attached hydrogen (secondary N) is 2. The van der Waals surface area contributed by atoms with E-state index < -0.39 is 0 Å². The minimum Gasteiger partial charge on any atom is -0.369 e. The number of anilines is 1. The van der Waals surface area contributed by atoms with Crippen LogP contribution in [0.1, 0.15) is 12.5 Å². The maximum Gasteiger partial charge on any atom is 0.328 e. The molecule has 1 aliphatic rings. The Balaban J connectivity index is 1.29. The first-order valence-electron chi connectivity index (χ1n) is 10.3. The van der Waals surface area contributed by atoms with Gasteiger partial charge in [-0.15, -0.1) is 0 Å². The van der Waals surface area contributed by atoms with Gasteiger partial charge in [-0.1, -0.05) is 6.07 Å². The number of piperazine rings is 1. The molecular weight excluding hydrogens is 380 g/mol. The first-order chi connectivity index (χ1) is 14.6. The molecule has 0 atom stereocenters. The first-order valence-corrected chi connectivity index (χ1v) is 10.3. The van der Waals surface area contributed by atoms with Gasteiger partial charge in [-0.05, 0) is 42.8 Å². The molecular formula is C22H24N6O2. The lowest BCUT2D eigenvalue weighted by Crippen LogP contribution is -2.46. The van der Waals surface area contributed by atoms with Crippen LogP contribution in [0.3, 0.4) is 0 Å². The molecule has 30 heavy (non-hydrogen) atoms. The number of fused-ring (bicyclic) bond motifs is 2. The fourth-order valence-corrected chi connectivity index (χ4v) is 4.23. The van der Waals surface area contributed by atoms with Crippen LogP contribution < -0.4 is 16.1 Å². The number of H-pyrrole nitrogens is 2. The highest BCUT2D eigenvalue weighted by molar-refractivity contribution is 5.82. The zero-order chi connectivity index (χ0) is 20.7. The highest BCUT2D eigenvalue weighted by atomic mass is 16.2. The van der Waals surface area contributed by atoms with Crippen molar-refractivity contribution in [1.29, 1.82) is 0 Å². The standard InChI is InChI=1S/C22H24N6O2/c1-2-28-21(29)18-6-3-15(11-20(18)24-22(28)30)14-26-7-9-27(10-8-26)17-5-4-16-13-23-25-19(16)12-17/h3-6,11-13H,2,7-10,14H2,1H3,(H,23,25)(H,24,30). The van der Waals surface area contributed by atoms with Gasteiger partial charge in [0.15, 0.2) is 0 Å². The van der Waals surface area contributed by atoms with Crippen molar-refractivity contribution in [2.24, 2.45) is 0 Å². The zero-order valence-corrected chi connectivity index (χ0v) is 16.9. The molecule has 0 amide bonds. The molecule has 0 unspecified atom stereocenters. The average molecular weight is 404 g/mol. The van der Waals surface area contributed by atoms with Crippen LogP contribution in [0.5, 0.6) is 0 Å². The molecule has 8 heteroatoms. The summed E-state index contributed by atoms with van der Waals surface area (Å²) in [6.45, 7) is 6.76. The van der Waals surface area contributed by atoms with Gasteiger partial charge < -0.3 is 9.88 Å².